The molecule has 2 rings (SSSR count). The van der Waals surface area contributed by atoms with Crippen molar-refractivity contribution in [1.82, 2.24) is 0 Å². The standard InChI is InChI=1S/C19H21ClO5/c1-3-15-12-14(10-11-24-15)19(22)25-18-13(6-5-7-16(18)20)8-9-17(21)23-4-2/h5-7,14-15H,3-4,10-12H2,1-2H3. The Labute approximate surface area is 152 Å². The molecule has 1 aromatic carbocycles. The van der Waals surface area contributed by atoms with Gasteiger partial charge in [-0.1, -0.05) is 30.5 Å². The SMILES string of the molecule is CCOC(=O)C#Cc1cccc(Cl)c1OC(=O)C1CCOC(CC)C1. The van der Waals surface area contributed by atoms with Gasteiger partial charge >= 0.3 is 11.9 Å². The Morgan fingerprint density at radius 2 is 2.16 bits per heavy atom. The van der Waals surface area contributed by atoms with Crippen LogP contribution in [0.3, 0.4) is 0 Å². The highest BCUT2D eigenvalue weighted by molar-refractivity contribution is 6.32. The van der Waals surface area contributed by atoms with Crippen molar-refractivity contribution in [3.63, 3.8) is 0 Å². The fourth-order valence-electron chi connectivity index (χ4n) is 2.56. The molecule has 1 aliphatic rings. The van der Waals surface area contributed by atoms with Crippen LogP contribution >= 0.6 is 11.6 Å². The maximum Gasteiger partial charge on any atom is 0.384 e. The molecule has 0 bridgehead atoms. The normalized spacial score (nSPS) is 19.5. The maximum atomic E-state index is 12.5. The minimum Gasteiger partial charge on any atom is -0.456 e. The van der Waals surface area contributed by atoms with Crippen LogP contribution in [0.1, 0.15) is 38.7 Å². The van der Waals surface area contributed by atoms with Gasteiger partial charge in [0.2, 0.25) is 0 Å². The second-order valence-electron chi connectivity index (χ2n) is 5.63. The summed E-state index contributed by atoms with van der Waals surface area (Å²) in [5, 5.41) is 0.267. The van der Waals surface area contributed by atoms with Crippen LogP contribution in [0.15, 0.2) is 18.2 Å². The van der Waals surface area contributed by atoms with Crippen molar-refractivity contribution in [3.05, 3.63) is 28.8 Å². The second kappa shape index (κ2) is 9.45. The lowest BCUT2D eigenvalue weighted by molar-refractivity contribution is -0.144. The molecule has 0 aromatic heterocycles. The number of hydrogen-bond donors (Lipinski definition) is 0. The number of carbonyl (C=O) groups excluding carboxylic acids is 2. The van der Waals surface area contributed by atoms with Crippen molar-refractivity contribution in [2.24, 2.45) is 5.92 Å². The molecule has 5 nitrogen and oxygen atoms in total. The maximum absolute atomic E-state index is 12.5. The van der Waals surface area contributed by atoms with Crippen molar-refractivity contribution < 1.29 is 23.8 Å². The molecule has 0 radical (unpaired) electrons. The topological polar surface area (TPSA) is 61.8 Å². The van der Waals surface area contributed by atoms with E-state index < -0.39 is 5.97 Å². The summed E-state index contributed by atoms with van der Waals surface area (Å²) in [5.74, 6) is 3.95. The fraction of sp³-hybridized carbons (Fsp3) is 0.474. The molecule has 0 N–H and O–H groups in total. The van der Waals surface area contributed by atoms with Crippen LogP contribution in [0.5, 0.6) is 5.75 Å². The quantitative estimate of drug-likeness (QED) is 0.465. The van der Waals surface area contributed by atoms with Gasteiger partial charge in [0.1, 0.15) is 0 Å². The first-order valence-electron chi connectivity index (χ1n) is 8.35. The van der Waals surface area contributed by atoms with E-state index in [0.717, 1.165) is 6.42 Å². The van der Waals surface area contributed by atoms with Crippen LogP contribution in [-0.4, -0.2) is 31.3 Å². The van der Waals surface area contributed by atoms with E-state index in [-0.39, 0.29) is 35.4 Å². The summed E-state index contributed by atoms with van der Waals surface area (Å²) in [4.78, 5) is 23.9. The Hall–Kier alpha value is -2.03. The van der Waals surface area contributed by atoms with Crippen LogP contribution in [0.4, 0.5) is 0 Å². The molecular formula is C19H21ClO5. The number of halogens is 1. The zero-order valence-electron chi connectivity index (χ0n) is 14.3. The Kier molecular flexibility index (Phi) is 7.30. The Bertz CT molecular complexity index is 689. The lowest BCUT2D eigenvalue weighted by Gasteiger charge is -2.27. The molecule has 0 saturated carbocycles. The molecule has 6 heteroatoms. The smallest absolute Gasteiger partial charge is 0.384 e. The summed E-state index contributed by atoms with van der Waals surface area (Å²) < 4.78 is 15.9. The van der Waals surface area contributed by atoms with Crippen LogP contribution in [0, 0.1) is 17.8 Å². The van der Waals surface area contributed by atoms with Crippen molar-refractivity contribution in [1.29, 1.82) is 0 Å². The van der Waals surface area contributed by atoms with E-state index >= 15 is 0 Å². The van der Waals surface area contributed by atoms with E-state index in [9.17, 15) is 9.59 Å². The summed E-state index contributed by atoms with van der Waals surface area (Å²) in [6.07, 6.45) is 2.17. The highest BCUT2D eigenvalue weighted by Crippen LogP contribution is 2.31. The van der Waals surface area contributed by atoms with Gasteiger partial charge in [0, 0.05) is 12.5 Å². The average Bonchev–Trinajstić information content (AvgIpc) is 2.62. The van der Waals surface area contributed by atoms with Crippen molar-refractivity contribution >= 4 is 23.5 Å². The molecule has 134 valence electrons. The highest BCUT2D eigenvalue weighted by Gasteiger charge is 2.29. The number of carbonyl (C=O) groups is 2. The zero-order valence-corrected chi connectivity index (χ0v) is 15.1. The van der Waals surface area contributed by atoms with Gasteiger partial charge < -0.3 is 14.2 Å². The number of ether oxygens (including phenoxy) is 3. The Balaban J connectivity index is 2.15. The third-order valence-electron chi connectivity index (χ3n) is 3.90. The van der Waals surface area contributed by atoms with E-state index in [2.05, 4.69) is 11.8 Å². The van der Waals surface area contributed by atoms with Crippen LogP contribution in [-0.2, 0) is 19.1 Å². The summed E-state index contributed by atoms with van der Waals surface area (Å²) in [5.41, 5.74) is 0.369. The van der Waals surface area contributed by atoms with Gasteiger partial charge in [-0.25, -0.2) is 4.79 Å². The van der Waals surface area contributed by atoms with Crippen LogP contribution in [0.25, 0.3) is 0 Å². The summed E-state index contributed by atoms with van der Waals surface area (Å²) in [6.45, 7) is 4.50. The molecule has 0 spiro atoms. The zero-order chi connectivity index (χ0) is 18.2. The Morgan fingerprint density at radius 3 is 2.88 bits per heavy atom. The first kappa shape index (κ1) is 19.3. The average molecular weight is 365 g/mol. The van der Waals surface area contributed by atoms with E-state index in [0.29, 0.717) is 25.0 Å². The van der Waals surface area contributed by atoms with Crippen molar-refractivity contribution in [2.45, 2.75) is 39.2 Å². The lowest BCUT2D eigenvalue weighted by Crippen LogP contribution is -2.32. The number of rotatable bonds is 4. The number of para-hydroxylation sites is 1. The molecule has 1 heterocycles. The molecule has 2 atom stereocenters. The monoisotopic (exact) mass is 364 g/mol. The first-order valence-corrected chi connectivity index (χ1v) is 8.73. The molecular weight excluding hydrogens is 344 g/mol. The third kappa shape index (κ3) is 5.48. The van der Waals surface area contributed by atoms with Crippen LogP contribution in [0.2, 0.25) is 5.02 Å². The van der Waals surface area contributed by atoms with Crippen molar-refractivity contribution in [2.75, 3.05) is 13.2 Å². The van der Waals surface area contributed by atoms with Gasteiger partial charge in [0.15, 0.2) is 5.75 Å². The lowest BCUT2D eigenvalue weighted by atomic mass is 9.94. The van der Waals surface area contributed by atoms with E-state index in [1.54, 1.807) is 25.1 Å². The predicted molar refractivity (Wildman–Crippen MR) is 93.4 cm³/mol. The highest BCUT2D eigenvalue weighted by atomic mass is 35.5. The Morgan fingerprint density at radius 1 is 1.36 bits per heavy atom. The predicted octanol–water partition coefficient (Wildman–Crippen LogP) is 3.37. The van der Waals surface area contributed by atoms with Gasteiger partial charge in [-0.15, -0.1) is 0 Å². The largest absolute Gasteiger partial charge is 0.456 e. The molecule has 0 amide bonds. The summed E-state index contributed by atoms with van der Waals surface area (Å²) in [6, 6.07) is 4.93. The van der Waals surface area contributed by atoms with Gasteiger partial charge in [0.05, 0.1) is 29.2 Å². The minimum absolute atomic E-state index is 0.0700. The number of esters is 2. The minimum atomic E-state index is -0.644. The van der Waals surface area contributed by atoms with E-state index in [1.165, 1.54) is 0 Å². The molecule has 2 unspecified atom stereocenters. The van der Waals surface area contributed by atoms with Gasteiger partial charge in [0.25, 0.3) is 0 Å². The van der Waals surface area contributed by atoms with Crippen LogP contribution < -0.4 is 4.74 Å². The molecule has 1 aromatic rings. The van der Waals surface area contributed by atoms with Gasteiger partial charge in [-0.3, -0.25) is 4.79 Å². The first-order chi connectivity index (χ1) is 12.0. The summed E-state index contributed by atoms with van der Waals surface area (Å²) >= 11 is 6.16. The number of benzene rings is 1. The van der Waals surface area contributed by atoms with Gasteiger partial charge in [-0.2, -0.15) is 0 Å². The molecule has 1 aliphatic heterocycles. The third-order valence-corrected chi connectivity index (χ3v) is 4.20. The molecule has 0 aliphatic carbocycles. The van der Waals surface area contributed by atoms with E-state index in [4.69, 9.17) is 25.8 Å². The number of hydrogen-bond acceptors (Lipinski definition) is 5. The fourth-order valence-corrected chi connectivity index (χ4v) is 2.77. The summed E-state index contributed by atoms with van der Waals surface area (Å²) in [7, 11) is 0. The molecule has 1 saturated heterocycles. The van der Waals surface area contributed by atoms with Gasteiger partial charge in [-0.05, 0) is 38.3 Å². The van der Waals surface area contributed by atoms with Crippen molar-refractivity contribution in [3.8, 4) is 17.6 Å². The molecule has 1 fully saturated rings. The second-order valence-corrected chi connectivity index (χ2v) is 6.04. The van der Waals surface area contributed by atoms with E-state index in [1.807, 2.05) is 6.92 Å². The molecule has 25 heavy (non-hydrogen) atoms.